The van der Waals surface area contributed by atoms with Gasteiger partial charge >= 0.3 is 11.7 Å². The number of ether oxygens (including phenoxy) is 1. The third-order valence-corrected chi connectivity index (χ3v) is 3.28. The normalized spacial score (nSPS) is 10.5. The van der Waals surface area contributed by atoms with E-state index in [1.165, 1.54) is 6.33 Å². The summed E-state index contributed by atoms with van der Waals surface area (Å²) in [4.78, 5) is 30.6. The van der Waals surface area contributed by atoms with Crippen LogP contribution in [0.2, 0.25) is 0 Å². The molecular formula is C17H21N5O4. The Bertz CT molecular complexity index is 777. The minimum atomic E-state index is -0.544. The van der Waals surface area contributed by atoms with Gasteiger partial charge in [0.2, 0.25) is 11.6 Å². The van der Waals surface area contributed by atoms with E-state index in [0.717, 1.165) is 0 Å². The summed E-state index contributed by atoms with van der Waals surface area (Å²) in [5.41, 5.74) is 0.714. The minimum Gasteiger partial charge on any atom is -0.462 e. The monoisotopic (exact) mass is 359 g/mol. The highest BCUT2D eigenvalue weighted by atomic mass is 16.6. The Morgan fingerprint density at radius 1 is 1.23 bits per heavy atom. The molecule has 26 heavy (non-hydrogen) atoms. The summed E-state index contributed by atoms with van der Waals surface area (Å²) in [6.45, 7) is 6.56. The number of rotatable bonds is 8. The molecule has 2 N–H and O–H groups in total. The van der Waals surface area contributed by atoms with Crippen molar-refractivity contribution in [1.82, 2.24) is 9.97 Å². The molecule has 0 aliphatic rings. The quantitative estimate of drug-likeness (QED) is 0.418. The predicted octanol–water partition coefficient (Wildman–Crippen LogP) is 3.37. The molecule has 2 aromatic rings. The van der Waals surface area contributed by atoms with E-state index in [2.05, 4.69) is 20.6 Å². The summed E-state index contributed by atoms with van der Waals surface area (Å²) < 4.78 is 5.16. The summed E-state index contributed by atoms with van der Waals surface area (Å²) in [6.07, 6.45) is 1.24. The lowest BCUT2D eigenvalue weighted by Crippen LogP contribution is -2.10. The van der Waals surface area contributed by atoms with Crippen molar-refractivity contribution in [3.63, 3.8) is 0 Å². The average Bonchev–Trinajstić information content (AvgIpc) is 2.60. The SMILES string of the molecule is CCNc1ncnc(Nc2ccc(C(=O)OCC(C)C)cc2)c1[N+](=O)[O-]. The zero-order valence-corrected chi connectivity index (χ0v) is 14.9. The zero-order chi connectivity index (χ0) is 19.1. The van der Waals surface area contributed by atoms with Gasteiger partial charge in [0.05, 0.1) is 17.1 Å². The van der Waals surface area contributed by atoms with E-state index in [0.29, 0.717) is 24.4 Å². The van der Waals surface area contributed by atoms with E-state index in [4.69, 9.17) is 4.74 Å². The van der Waals surface area contributed by atoms with Gasteiger partial charge in [-0.1, -0.05) is 13.8 Å². The highest BCUT2D eigenvalue weighted by molar-refractivity contribution is 5.90. The molecule has 0 bridgehead atoms. The highest BCUT2D eigenvalue weighted by Gasteiger charge is 2.22. The maximum atomic E-state index is 11.9. The first-order valence-corrected chi connectivity index (χ1v) is 8.19. The molecule has 0 radical (unpaired) electrons. The van der Waals surface area contributed by atoms with Gasteiger partial charge in [0.25, 0.3) is 0 Å². The Kier molecular flexibility index (Phi) is 6.42. The first-order chi connectivity index (χ1) is 12.4. The van der Waals surface area contributed by atoms with Crippen molar-refractivity contribution >= 4 is 29.0 Å². The Morgan fingerprint density at radius 3 is 2.46 bits per heavy atom. The van der Waals surface area contributed by atoms with Crippen LogP contribution in [0.5, 0.6) is 0 Å². The van der Waals surface area contributed by atoms with Crippen LogP contribution in [0.25, 0.3) is 0 Å². The fourth-order valence-corrected chi connectivity index (χ4v) is 2.09. The average molecular weight is 359 g/mol. The molecule has 0 fully saturated rings. The molecule has 0 aliphatic carbocycles. The summed E-state index contributed by atoms with van der Waals surface area (Å²) in [7, 11) is 0. The number of nitro groups is 1. The molecule has 9 nitrogen and oxygen atoms in total. The van der Waals surface area contributed by atoms with E-state index in [1.54, 1.807) is 24.3 Å². The van der Waals surface area contributed by atoms with Crippen LogP contribution in [-0.2, 0) is 4.74 Å². The molecule has 0 atom stereocenters. The van der Waals surface area contributed by atoms with Gasteiger partial charge in [-0.25, -0.2) is 14.8 Å². The van der Waals surface area contributed by atoms with E-state index >= 15 is 0 Å². The highest BCUT2D eigenvalue weighted by Crippen LogP contribution is 2.31. The van der Waals surface area contributed by atoms with Crippen molar-refractivity contribution in [1.29, 1.82) is 0 Å². The number of benzene rings is 1. The van der Waals surface area contributed by atoms with Crippen molar-refractivity contribution < 1.29 is 14.5 Å². The molecule has 2 rings (SSSR count). The molecular weight excluding hydrogens is 338 g/mol. The number of nitrogens with zero attached hydrogens (tertiary/aromatic N) is 3. The lowest BCUT2D eigenvalue weighted by atomic mass is 10.2. The van der Waals surface area contributed by atoms with Crippen molar-refractivity contribution in [2.75, 3.05) is 23.8 Å². The van der Waals surface area contributed by atoms with Crippen molar-refractivity contribution in [3.8, 4) is 0 Å². The second-order valence-electron chi connectivity index (χ2n) is 5.90. The van der Waals surface area contributed by atoms with Gasteiger partial charge in [0.15, 0.2) is 0 Å². The van der Waals surface area contributed by atoms with Gasteiger partial charge in [0.1, 0.15) is 6.33 Å². The maximum Gasteiger partial charge on any atom is 0.353 e. The Morgan fingerprint density at radius 2 is 1.88 bits per heavy atom. The van der Waals surface area contributed by atoms with Gasteiger partial charge in [-0.05, 0) is 37.1 Å². The van der Waals surface area contributed by atoms with Crippen LogP contribution >= 0.6 is 0 Å². The zero-order valence-electron chi connectivity index (χ0n) is 14.9. The largest absolute Gasteiger partial charge is 0.462 e. The van der Waals surface area contributed by atoms with E-state index in [9.17, 15) is 14.9 Å². The lowest BCUT2D eigenvalue weighted by Gasteiger charge is -2.10. The number of esters is 1. The molecule has 0 saturated carbocycles. The third-order valence-electron chi connectivity index (χ3n) is 3.28. The molecule has 1 aromatic heterocycles. The van der Waals surface area contributed by atoms with Crippen LogP contribution < -0.4 is 10.6 Å². The predicted molar refractivity (Wildman–Crippen MR) is 97.7 cm³/mol. The molecule has 0 saturated heterocycles. The number of hydrogen-bond acceptors (Lipinski definition) is 8. The van der Waals surface area contributed by atoms with E-state index in [-0.39, 0.29) is 23.2 Å². The van der Waals surface area contributed by atoms with Gasteiger partial charge < -0.3 is 15.4 Å². The van der Waals surface area contributed by atoms with Crippen molar-refractivity contribution in [2.45, 2.75) is 20.8 Å². The number of carbonyl (C=O) groups is 1. The second-order valence-corrected chi connectivity index (χ2v) is 5.90. The fraction of sp³-hybridized carbons (Fsp3) is 0.353. The van der Waals surface area contributed by atoms with Crippen LogP contribution in [0.3, 0.4) is 0 Å². The van der Waals surface area contributed by atoms with Gasteiger partial charge in [-0.2, -0.15) is 0 Å². The van der Waals surface area contributed by atoms with Crippen LogP contribution in [0.15, 0.2) is 30.6 Å². The molecule has 0 unspecified atom stereocenters. The van der Waals surface area contributed by atoms with Gasteiger partial charge in [-0.15, -0.1) is 0 Å². The molecule has 0 spiro atoms. The molecule has 0 amide bonds. The summed E-state index contributed by atoms with van der Waals surface area (Å²) >= 11 is 0. The van der Waals surface area contributed by atoms with Crippen molar-refractivity contribution in [3.05, 3.63) is 46.3 Å². The fourth-order valence-electron chi connectivity index (χ4n) is 2.09. The summed E-state index contributed by atoms with van der Waals surface area (Å²) in [5.74, 6) is 0.0526. The molecule has 1 heterocycles. The van der Waals surface area contributed by atoms with Crippen molar-refractivity contribution in [2.24, 2.45) is 5.92 Å². The van der Waals surface area contributed by atoms with Crippen LogP contribution in [0.1, 0.15) is 31.1 Å². The lowest BCUT2D eigenvalue weighted by molar-refractivity contribution is -0.383. The van der Waals surface area contributed by atoms with E-state index in [1.807, 2.05) is 20.8 Å². The molecule has 1 aromatic carbocycles. The minimum absolute atomic E-state index is 0.0658. The Labute approximate surface area is 151 Å². The molecule has 0 aliphatic heterocycles. The summed E-state index contributed by atoms with van der Waals surface area (Å²) in [6, 6.07) is 6.43. The summed E-state index contributed by atoms with van der Waals surface area (Å²) in [5, 5.41) is 17.1. The number of aromatic nitrogens is 2. The van der Waals surface area contributed by atoms with Gasteiger partial charge in [-0.3, -0.25) is 10.1 Å². The van der Waals surface area contributed by atoms with Crippen LogP contribution in [0, 0.1) is 16.0 Å². The smallest absolute Gasteiger partial charge is 0.353 e. The topological polar surface area (TPSA) is 119 Å². The molecule has 138 valence electrons. The first kappa shape index (κ1) is 19.1. The standard InChI is InChI=1S/C17H21N5O4/c1-4-18-15-14(22(24)25)16(20-10-19-15)21-13-7-5-12(6-8-13)17(23)26-9-11(2)3/h5-8,10-11H,4,9H2,1-3H3,(H2,18,19,20,21). The maximum absolute atomic E-state index is 11.9. The van der Waals surface area contributed by atoms with E-state index < -0.39 is 10.9 Å². The van der Waals surface area contributed by atoms with Crippen LogP contribution in [0.4, 0.5) is 23.0 Å². The number of carbonyl (C=O) groups excluding carboxylic acids is 1. The second kappa shape index (κ2) is 8.75. The Hall–Kier alpha value is -3.23. The van der Waals surface area contributed by atoms with Crippen LogP contribution in [-0.4, -0.2) is 34.0 Å². The number of anilines is 3. The number of hydrogen-bond donors (Lipinski definition) is 2. The third kappa shape index (κ3) is 4.88. The first-order valence-electron chi connectivity index (χ1n) is 8.19. The number of nitrogens with one attached hydrogen (secondary N) is 2. The van der Waals surface area contributed by atoms with Gasteiger partial charge in [0, 0.05) is 12.2 Å². The molecule has 9 heteroatoms. The Balaban J connectivity index is 2.18.